The van der Waals surface area contributed by atoms with Crippen LogP contribution >= 0.6 is 0 Å². The maximum atomic E-state index is 12.2. The van der Waals surface area contributed by atoms with Crippen LogP contribution in [0.3, 0.4) is 0 Å². The van der Waals surface area contributed by atoms with Crippen LogP contribution in [0, 0.1) is 0 Å². The van der Waals surface area contributed by atoms with Gasteiger partial charge >= 0.3 is 6.03 Å². The van der Waals surface area contributed by atoms with Gasteiger partial charge in [0, 0.05) is 24.8 Å². The molecule has 110 valence electrons. The van der Waals surface area contributed by atoms with Crippen molar-refractivity contribution < 1.29 is 4.79 Å². The fourth-order valence-corrected chi connectivity index (χ4v) is 2.52. The molecule has 4 heteroatoms. The summed E-state index contributed by atoms with van der Waals surface area (Å²) < 4.78 is 0. The summed E-state index contributed by atoms with van der Waals surface area (Å²) in [4.78, 5) is 14.2. The molecule has 1 heterocycles. The molecule has 1 saturated heterocycles. The number of amides is 2. The minimum atomic E-state index is 0.0143. The lowest BCUT2D eigenvalue weighted by Gasteiger charge is -2.25. The molecular weight excluding hydrogens is 250 g/mol. The zero-order valence-electron chi connectivity index (χ0n) is 12.3. The number of nitrogens with two attached hydrogens (primary N) is 1. The topological polar surface area (TPSA) is 58.4 Å². The van der Waals surface area contributed by atoms with E-state index in [-0.39, 0.29) is 12.1 Å². The molecule has 1 aliphatic heterocycles. The molecule has 4 nitrogen and oxygen atoms in total. The van der Waals surface area contributed by atoms with Gasteiger partial charge in [0.2, 0.25) is 0 Å². The molecule has 0 radical (unpaired) electrons. The molecule has 1 aliphatic rings. The van der Waals surface area contributed by atoms with Crippen molar-refractivity contribution in [3.63, 3.8) is 0 Å². The van der Waals surface area contributed by atoms with Gasteiger partial charge in [0.15, 0.2) is 0 Å². The summed E-state index contributed by atoms with van der Waals surface area (Å²) in [6.07, 6.45) is 5.97. The number of urea groups is 1. The van der Waals surface area contributed by atoms with Crippen molar-refractivity contribution in [1.82, 2.24) is 4.90 Å². The molecule has 1 aromatic carbocycles. The number of anilines is 1. The van der Waals surface area contributed by atoms with E-state index < -0.39 is 0 Å². The molecule has 1 fully saturated rings. The van der Waals surface area contributed by atoms with Crippen molar-refractivity contribution in [3.8, 4) is 0 Å². The molecule has 0 spiro atoms. The van der Waals surface area contributed by atoms with Crippen molar-refractivity contribution in [1.29, 1.82) is 0 Å². The normalized spacial score (nSPS) is 18.0. The second-order valence-electron chi connectivity index (χ2n) is 5.60. The van der Waals surface area contributed by atoms with Crippen molar-refractivity contribution in [3.05, 3.63) is 29.8 Å². The van der Waals surface area contributed by atoms with Gasteiger partial charge in [-0.25, -0.2) is 4.79 Å². The van der Waals surface area contributed by atoms with E-state index in [1.807, 2.05) is 36.1 Å². The minimum absolute atomic E-state index is 0.0143. The summed E-state index contributed by atoms with van der Waals surface area (Å²) in [5.41, 5.74) is 7.73. The zero-order valence-corrected chi connectivity index (χ0v) is 12.3. The number of hydrogen-bond donors (Lipinski definition) is 2. The molecule has 0 saturated carbocycles. The molecule has 0 aliphatic carbocycles. The lowest BCUT2D eigenvalue weighted by molar-refractivity contribution is 0.206. The van der Waals surface area contributed by atoms with Crippen LogP contribution in [0.15, 0.2) is 24.3 Å². The fourth-order valence-electron chi connectivity index (χ4n) is 2.52. The van der Waals surface area contributed by atoms with Gasteiger partial charge < -0.3 is 16.0 Å². The highest BCUT2D eigenvalue weighted by molar-refractivity contribution is 5.89. The Kier molecular flexibility index (Phi) is 5.41. The second kappa shape index (κ2) is 7.29. The molecule has 1 atom stereocenters. The van der Waals surface area contributed by atoms with Gasteiger partial charge in [0.05, 0.1) is 0 Å². The Morgan fingerprint density at radius 3 is 2.20 bits per heavy atom. The quantitative estimate of drug-likeness (QED) is 0.867. The van der Waals surface area contributed by atoms with E-state index >= 15 is 0 Å². The summed E-state index contributed by atoms with van der Waals surface area (Å²) in [7, 11) is 0. The Morgan fingerprint density at radius 2 is 1.65 bits per heavy atom. The Morgan fingerprint density at radius 1 is 1.10 bits per heavy atom. The third-order valence-electron chi connectivity index (χ3n) is 3.83. The third kappa shape index (κ3) is 4.23. The van der Waals surface area contributed by atoms with E-state index in [0.717, 1.165) is 37.2 Å². The number of hydrogen-bond acceptors (Lipinski definition) is 2. The highest BCUT2D eigenvalue weighted by atomic mass is 16.2. The molecule has 1 aromatic rings. The number of carbonyl (C=O) groups excluding carboxylic acids is 1. The van der Waals surface area contributed by atoms with Gasteiger partial charge in [-0.05, 0) is 37.5 Å². The average molecular weight is 275 g/mol. The molecule has 20 heavy (non-hydrogen) atoms. The van der Waals surface area contributed by atoms with Gasteiger partial charge in [-0.2, -0.15) is 0 Å². The average Bonchev–Trinajstić information content (AvgIpc) is 2.38. The van der Waals surface area contributed by atoms with Gasteiger partial charge in [0.25, 0.3) is 0 Å². The van der Waals surface area contributed by atoms with E-state index in [9.17, 15) is 4.79 Å². The molecule has 2 rings (SSSR count). The van der Waals surface area contributed by atoms with Crippen LogP contribution in [0.2, 0.25) is 0 Å². The van der Waals surface area contributed by atoms with Crippen LogP contribution in [0.25, 0.3) is 0 Å². The predicted octanol–water partition coefficient (Wildman–Crippen LogP) is 3.50. The molecular formula is C16H25N3O. The van der Waals surface area contributed by atoms with Crippen LogP contribution in [-0.4, -0.2) is 24.0 Å². The van der Waals surface area contributed by atoms with E-state index in [4.69, 9.17) is 5.73 Å². The van der Waals surface area contributed by atoms with Crippen molar-refractivity contribution in [2.45, 2.75) is 45.1 Å². The first-order chi connectivity index (χ1) is 9.66. The summed E-state index contributed by atoms with van der Waals surface area (Å²) in [6.45, 7) is 3.68. The molecule has 1 unspecified atom stereocenters. The SMILES string of the molecule is CC(N)c1ccc(NC(=O)N2CCCCCCC2)cc1. The summed E-state index contributed by atoms with van der Waals surface area (Å²) >= 11 is 0. The zero-order chi connectivity index (χ0) is 14.4. The monoisotopic (exact) mass is 275 g/mol. The van der Waals surface area contributed by atoms with Crippen LogP contribution in [0.5, 0.6) is 0 Å². The Hall–Kier alpha value is -1.55. The number of nitrogens with zero attached hydrogens (tertiary/aromatic N) is 1. The van der Waals surface area contributed by atoms with Crippen LogP contribution in [0.4, 0.5) is 10.5 Å². The van der Waals surface area contributed by atoms with Gasteiger partial charge in [0.1, 0.15) is 0 Å². The smallest absolute Gasteiger partial charge is 0.321 e. The van der Waals surface area contributed by atoms with Crippen LogP contribution in [0.1, 0.15) is 50.6 Å². The number of nitrogens with one attached hydrogen (secondary N) is 1. The second-order valence-corrected chi connectivity index (χ2v) is 5.60. The van der Waals surface area contributed by atoms with Gasteiger partial charge in [-0.3, -0.25) is 0 Å². The lowest BCUT2D eigenvalue weighted by atomic mass is 10.1. The molecule has 0 aromatic heterocycles. The van der Waals surface area contributed by atoms with Crippen LogP contribution in [-0.2, 0) is 0 Å². The number of carbonyl (C=O) groups is 1. The van der Waals surface area contributed by atoms with Crippen LogP contribution < -0.4 is 11.1 Å². The molecule has 3 N–H and O–H groups in total. The first kappa shape index (κ1) is 14.9. The van der Waals surface area contributed by atoms with E-state index in [1.165, 1.54) is 19.3 Å². The third-order valence-corrected chi connectivity index (χ3v) is 3.83. The molecule has 0 bridgehead atoms. The van der Waals surface area contributed by atoms with Gasteiger partial charge in [-0.15, -0.1) is 0 Å². The van der Waals surface area contributed by atoms with Crippen molar-refractivity contribution in [2.24, 2.45) is 5.73 Å². The summed E-state index contributed by atoms with van der Waals surface area (Å²) in [5.74, 6) is 0. The minimum Gasteiger partial charge on any atom is -0.325 e. The van der Waals surface area contributed by atoms with Gasteiger partial charge in [-0.1, -0.05) is 31.4 Å². The lowest BCUT2D eigenvalue weighted by Crippen LogP contribution is -2.37. The Balaban J connectivity index is 1.92. The first-order valence-corrected chi connectivity index (χ1v) is 7.58. The highest BCUT2D eigenvalue weighted by Crippen LogP contribution is 2.16. The Bertz CT molecular complexity index is 420. The standard InChI is InChI=1S/C16H25N3O/c1-13(17)14-7-9-15(10-8-14)18-16(20)19-11-5-3-2-4-6-12-19/h7-10,13H,2-6,11-12,17H2,1H3,(H,18,20). The number of benzene rings is 1. The maximum absolute atomic E-state index is 12.2. The van der Waals surface area contributed by atoms with Crippen molar-refractivity contribution in [2.75, 3.05) is 18.4 Å². The van der Waals surface area contributed by atoms with Crippen molar-refractivity contribution >= 4 is 11.7 Å². The summed E-state index contributed by atoms with van der Waals surface area (Å²) in [6, 6.07) is 7.80. The van der Waals surface area contributed by atoms with E-state index in [2.05, 4.69) is 5.32 Å². The van der Waals surface area contributed by atoms with E-state index in [1.54, 1.807) is 0 Å². The first-order valence-electron chi connectivity index (χ1n) is 7.58. The predicted molar refractivity (Wildman–Crippen MR) is 82.7 cm³/mol. The highest BCUT2D eigenvalue weighted by Gasteiger charge is 2.14. The number of likely N-dealkylation sites (tertiary alicyclic amines) is 1. The van der Waals surface area contributed by atoms with E-state index in [0.29, 0.717) is 0 Å². The fraction of sp³-hybridized carbons (Fsp3) is 0.562. The Labute approximate surface area is 121 Å². The number of rotatable bonds is 2. The maximum Gasteiger partial charge on any atom is 0.321 e. The summed E-state index contributed by atoms with van der Waals surface area (Å²) in [5, 5.41) is 2.97. The molecule has 2 amide bonds. The largest absolute Gasteiger partial charge is 0.325 e.